The number of phenolic OH excluding ortho intramolecular Hbond substituents is 1. The van der Waals surface area contributed by atoms with Gasteiger partial charge in [-0.3, -0.25) is 0 Å². The van der Waals surface area contributed by atoms with Crippen molar-refractivity contribution in [2.24, 2.45) is 4.99 Å². The van der Waals surface area contributed by atoms with Crippen molar-refractivity contribution in [2.45, 2.75) is 16.1 Å². The van der Waals surface area contributed by atoms with Gasteiger partial charge < -0.3 is 10.4 Å². The van der Waals surface area contributed by atoms with Crippen LogP contribution in [0, 0.1) is 11.3 Å². The van der Waals surface area contributed by atoms with E-state index in [4.69, 9.17) is 5.26 Å². The molecule has 0 bridgehead atoms. The van der Waals surface area contributed by atoms with Crippen LogP contribution >= 0.6 is 11.8 Å². The Hall–Kier alpha value is -2.78. The third-order valence-corrected chi connectivity index (χ3v) is 4.94. The van der Waals surface area contributed by atoms with Crippen LogP contribution in [-0.4, -0.2) is 16.3 Å². The number of rotatable bonds is 2. The maximum atomic E-state index is 13.9. The van der Waals surface area contributed by atoms with E-state index in [0.29, 0.717) is 10.6 Å². The first-order valence-corrected chi connectivity index (χ1v) is 8.20. The smallest absolute Gasteiger partial charge is 0.306 e. The quantitative estimate of drug-likeness (QED) is 0.653. The third-order valence-electron chi connectivity index (χ3n) is 3.82. The monoisotopic (exact) mass is 337 g/mol. The highest BCUT2D eigenvalue weighted by atomic mass is 32.2. The molecule has 2 N–H and O–H groups in total. The molecule has 0 saturated carbocycles. The second-order valence-corrected chi connectivity index (χ2v) is 6.77. The van der Waals surface area contributed by atoms with Crippen LogP contribution < -0.4 is 15.9 Å². The van der Waals surface area contributed by atoms with E-state index in [0.717, 1.165) is 16.1 Å². The number of benzene rings is 2. The van der Waals surface area contributed by atoms with Gasteiger partial charge in [0.2, 0.25) is 0 Å². The lowest BCUT2D eigenvalue weighted by Gasteiger charge is -2.03. The Labute approximate surface area is 141 Å². The van der Waals surface area contributed by atoms with E-state index in [1.165, 1.54) is 6.08 Å². The lowest BCUT2D eigenvalue weighted by Crippen LogP contribution is -2.20. The van der Waals surface area contributed by atoms with Gasteiger partial charge in [-0.05, 0) is 35.9 Å². The minimum absolute atomic E-state index is 0.0536. The molecule has 2 aromatic carbocycles. The van der Waals surface area contributed by atoms with Crippen LogP contribution in [0.4, 0.5) is 10.1 Å². The van der Waals surface area contributed by atoms with E-state index in [9.17, 15) is 9.50 Å². The summed E-state index contributed by atoms with van der Waals surface area (Å²) in [6.45, 7) is 0. The van der Waals surface area contributed by atoms with Crippen molar-refractivity contribution < 1.29 is 9.50 Å². The zero-order chi connectivity index (χ0) is 16.7. The topological polar surface area (TPSA) is 68.4 Å². The molecule has 2 aliphatic heterocycles. The second kappa shape index (κ2) is 5.39. The van der Waals surface area contributed by atoms with Crippen molar-refractivity contribution >= 4 is 29.6 Å². The van der Waals surface area contributed by atoms with Crippen LogP contribution in [0.1, 0.15) is 5.56 Å². The van der Waals surface area contributed by atoms with Gasteiger partial charge in [0.25, 0.3) is 0 Å². The molecule has 2 aliphatic rings. The molecule has 4 rings (SSSR count). The molecular weight excluding hydrogens is 325 g/mol. The molecule has 4 nitrogen and oxygen atoms in total. The van der Waals surface area contributed by atoms with Gasteiger partial charge >= 0.3 is 5.79 Å². The first-order chi connectivity index (χ1) is 11.5. The van der Waals surface area contributed by atoms with E-state index in [1.54, 1.807) is 42.1 Å². The maximum Gasteiger partial charge on any atom is 0.306 e. The molecule has 2 aromatic rings. The van der Waals surface area contributed by atoms with Crippen LogP contribution in [0.15, 0.2) is 52.4 Å². The Kier molecular flexibility index (Phi) is 3.32. The fourth-order valence-corrected chi connectivity index (χ4v) is 3.75. The number of alkyl halides is 1. The van der Waals surface area contributed by atoms with Gasteiger partial charge in [0.15, 0.2) is 0 Å². The lowest BCUT2D eigenvalue weighted by molar-refractivity contribution is 0.342. The van der Waals surface area contributed by atoms with Crippen molar-refractivity contribution in [2.75, 3.05) is 5.32 Å². The molecule has 0 saturated heterocycles. The highest BCUT2D eigenvalue weighted by molar-refractivity contribution is 8.00. The highest BCUT2D eigenvalue weighted by Gasteiger charge is 2.28. The summed E-state index contributed by atoms with van der Waals surface area (Å²) >= 11 is 1.61. The molecule has 118 valence electrons. The van der Waals surface area contributed by atoms with E-state index >= 15 is 0 Å². The standard InChI is InChI=1S/C18H12FN3OS/c19-18(10-20)9-12-3-1-11(7-15(12)22-18)2-6-17-21-14-5-4-13(23)8-16(14)24-17/h1-9,17,21,23H/b6-2+. The van der Waals surface area contributed by atoms with Crippen molar-refractivity contribution in [3.05, 3.63) is 58.6 Å². The summed E-state index contributed by atoms with van der Waals surface area (Å²) in [5.41, 5.74) is 1.87. The molecule has 0 spiro atoms. The van der Waals surface area contributed by atoms with Gasteiger partial charge in [-0.2, -0.15) is 9.65 Å². The van der Waals surface area contributed by atoms with Crippen molar-refractivity contribution in [1.82, 2.24) is 0 Å². The molecule has 2 unspecified atom stereocenters. The minimum atomic E-state index is -2.25. The summed E-state index contributed by atoms with van der Waals surface area (Å²) in [4.78, 5) is 4.82. The van der Waals surface area contributed by atoms with Crippen molar-refractivity contribution in [1.29, 1.82) is 5.26 Å². The van der Waals surface area contributed by atoms with Crippen LogP contribution in [0.2, 0.25) is 0 Å². The van der Waals surface area contributed by atoms with Crippen LogP contribution in [0.3, 0.4) is 0 Å². The van der Waals surface area contributed by atoms with Gasteiger partial charge in [-0.1, -0.05) is 36.0 Å². The molecule has 6 heteroatoms. The Balaban J connectivity index is 1.56. The normalized spacial score (nSPS) is 23.8. The number of hydrogen-bond donors (Lipinski definition) is 2. The van der Waals surface area contributed by atoms with Crippen LogP contribution in [0.25, 0.3) is 12.2 Å². The van der Waals surface area contributed by atoms with Gasteiger partial charge in [-0.25, -0.2) is 4.99 Å². The fraction of sp³-hybridized carbons (Fsp3) is 0.111. The largest absolute Gasteiger partial charge is 0.508 e. The molecule has 0 aliphatic carbocycles. The van der Waals surface area contributed by atoms with Gasteiger partial charge in [0.05, 0.1) is 10.7 Å². The Bertz CT molecular complexity index is 1030. The van der Waals surface area contributed by atoms with Crippen molar-refractivity contribution in [3.63, 3.8) is 0 Å². The van der Waals surface area contributed by atoms with Crippen LogP contribution in [0.5, 0.6) is 5.75 Å². The number of fused-ring (bicyclic) bond motifs is 2. The molecule has 0 radical (unpaired) electrons. The summed E-state index contributed by atoms with van der Waals surface area (Å²) in [5.74, 6) is -2.01. The first-order valence-electron chi connectivity index (χ1n) is 7.32. The molecule has 0 amide bonds. The summed E-state index contributed by atoms with van der Waals surface area (Å²) in [6, 6.07) is 12.2. The number of aromatic hydroxyl groups is 1. The molecule has 2 heterocycles. The number of hydrogen-bond acceptors (Lipinski definition) is 5. The van der Waals surface area contributed by atoms with Gasteiger partial charge in [0.1, 0.15) is 11.8 Å². The van der Waals surface area contributed by atoms with Crippen molar-refractivity contribution in [3.8, 4) is 11.8 Å². The lowest BCUT2D eigenvalue weighted by atomic mass is 10.1. The maximum absolute atomic E-state index is 13.9. The molecule has 0 fully saturated rings. The molecule has 0 aromatic heterocycles. The predicted molar refractivity (Wildman–Crippen MR) is 91.5 cm³/mol. The Morgan fingerprint density at radius 1 is 1.33 bits per heavy atom. The number of thioether (sulfide) groups is 1. The average Bonchev–Trinajstić information content (AvgIpc) is 3.12. The zero-order valence-electron chi connectivity index (χ0n) is 12.4. The summed E-state index contributed by atoms with van der Waals surface area (Å²) in [6.07, 6.45) is 5.15. The second-order valence-electron chi connectivity index (χ2n) is 5.58. The first kappa shape index (κ1) is 14.8. The molecular formula is C18H12FN3OS. The number of phenols is 1. The SMILES string of the molecule is N#CC1(F)C=c2ccc(/C=C/C3Nc4ccc(O)cc4S3)cc2=N1. The number of nitriles is 1. The number of nitrogens with zero attached hydrogens (tertiary/aromatic N) is 2. The van der Waals surface area contributed by atoms with E-state index < -0.39 is 5.79 Å². The fourth-order valence-electron chi connectivity index (χ4n) is 2.69. The minimum Gasteiger partial charge on any atom is -0.508 e. The molecule has 2 atom stereocenters. The van der Waals surface area contributed by atoms with Gasteiger partial charge in [0, 0.05) is 15.8 Å². The average molecular weight is 337 g/mol. The third kappa shape index (κ3) is 2.63. The predicted octanol–water partition coefficient (Wildman–Crippen LogP) is 2.55. The van der Waals surface area contributed by atoms with E-state index in [2.05, 4.69) is 10.3 Å². The number of nitrogens with one attached hydrogen (secondary N) is 1. The Morgan fingerprint density at radius 3 is 3.04 bits per heavy atom. The number of anilines is 1. The molecule has 24 heavy (non-hydrogen) atoms. The number of halogens is 1. The van der Waals surface area contributed by atoms with Gasteiger partial charge in [-0.15, -0.1) is 0 Å². The summed E-state index contributed by atoms with van der Waals surface area (Å²) < 4.78 is 13.9. The zero-order valence-corrected chi connectivity index (χ0v) is 13.2. The summed E-state index contributed by atoms with van der Waals surface area (Å²) in [5, 5.41) is 22.9. The summed E-state index contributed by atoms with van der Waals surface area (Å²) in [7, 11) is 0. The highest BCUT2D eigenvalue weighted by Crippen LogP contribution is 2.40. The van der Waals surface area contributed by atoms with E-state index in [-0.39, 0.29) is 11.1 Å². The van der Waals surface area contributed by atoms with E-state index in [1.807, 2.05) is 24.3 Å². The Morgan fingerprint density at radius 2 is 2.21 bits per heavy atom. The van der Waals surface area contributed by atoms with Crippen LogP contribution in [-0.2, 0) is 0 Å².